The topological polar surface area (TPSA) is 0 Å². The highest BCUT2D eigenvalue weighted by Gasteiger charge is 2.04. The minimum absolute atomic E-state index is 1.25. The number of hydrogen-bond donors (Lipinski definition) is 0. The zero-order valence-electron chi connectivity index (χ0n) is 15.2. The van der Waals surface area contributed by atoms with Crippen LogP contribution in [0.3, 0.4) is 0 Å². The first-order valence-electron chi connectivity index (χ1n) is 9.04. The number of benzene rings is 4. The molecule has 0 aliphatic heterocycles. The Labute approximate surface area is 155 Å². The SMILES string of the molecule is Cc1ccc(-c2cccc(-c3cccc(-c4ccc(C)cc4)c3)c2)cc1. The Kier molecular flexibility index (Phi) is 4.41. The lowest BCUT2D eigenvalue weighted by Crippen LogP contribution is -1.84. The Hall–Kier alpha value is -3.12. The van der Waals surface area contributed by atoms with Crippen molar-refractivity contribution in [2.45, 2.75) is 13.8 Å². The van der Waals surface area contributed by atoms with Gasteiger partial charge in [0.1, 0.15) is 0 Å². The van der Waals surface area contributed by atoms with E-state index in [2.05, 4.69) is 111 Å². The van der Waals surface area contributed by atoms with Gasteiger partial charge in [-0.3, -0.25) is 0 Å². The number of rotatable bonds is 3. The Balaban J connectivity index is 1.72. The van der Waals surface area contributed by atoms with Crippen molar-refractivity contribution in [1.82, 2.24) is 0 Å². The first kappa shape index (κ1) is 16.4. The minimum Gasteiger partial charge on any atom is -0.0610 e. The highest BCUT2D eigenvalue weighted by molar-refractivity contribution is 5.77. The van der Waals surface area contributed by atoms with Gasteiger partial charge in [-0.1, -0.05) is 96.1 Å². The fraction of sp³-hybridized carbons (Fsp3) is 0.0769. The van der Waals surface area contributed by atoms with E-state index in [9.17, 15) is 0 Å². The van der Waals surface area contributed by atoms with Crippen molar-refractivity contribution in [3.8, 4) is 33.4 Å². The Morgan fingerprint density at radius 3 is 1.00 bits per heavy atom. The van der Waals surface area contributed by atoms with Crippen LogP contribution in [0.25, 0.3) is 33.4 Å². The van der Waals surface area contributed by atoms with E-state index in [4.69, 9.17) is 0 Å². The molecule has 26 heavy (non-hydrogen) atoms. The van der Waals surface area contributed by atoms with Crippen LogP contribution in [0.2, 0.25) is 0 Å². The van der Waals surface area contributed by atoms with Crippen molar-refractivity contribution in [2.24, 2.45) is 0 Å². The Morgan fingerprint density at radius 1 is 0.346 bits per heavy atom. The third-order valence-corrected chi connectivity index (χ3v) is 4.83. The molecule has 4 aromatic carbocycles. The molecule has 0 saturated carbocycles. The summed E-state index contributed by atoms with van der Waals surface area (Å²) in [7, 11) is 0. The van der Waals surface area contributed by atoms with Gasteiger partial charge in [0.15, 0.2) is 0 Å². The van der Waals surface area contributed by atoms with Crippen LogP contribution < -0.4 is 0 Å². The molecule has 126 valence electrons. The van der Waals surface area contributed by atoms with E-state index in [0.717, 1.165) is 0 Å². The molecule has 0 saturated heterocycles. The Bertz CT molecular complexity index is 935. The zero-order chi connectivity index (χ0) is 17.9. The maximum atomic E-state index is 2.28. The molecular formula is C26H22. The number of hydrogen-bond acceptors (Lipinski definition) is 0. The second kappa shape index (κ2) is 7.01. The van der Waals surface area contributed by atoms with Crippen molar-refractivity contribution in [2.75, 3.05) is 0 Å². The molecule has 0 bridgehead atoms. The van der Waals surface area contributed by atoms with Crippen LogP contribution in [0, 0.1) is 13.8 Å². The number of aryl methyl sites for hydroxylation is 2. The molecule has 0 radical (unpaired) electrons. The van der Waals surface area contributed by atoms with Gasteiger partial charge in [0.25, 0.3) is 0 Å². The molecule has 0 heteroatoms. The molecule has 0 aliphatic rings. The van der Waals surface area contributed by atoms with Crippen LogP contribution in [0.15, 0.2) is 97.1 Å². The fourth-order valence-electron chi connectivity index (χ4n) is 3.25. The second-order valence-corrected chi connectivity index (χ2v) is 6.89. The smallest absolute Gasteiger partial charge is 0.0178 e. The molecule has 0 unspecified atom stereocenters. The molecule has 0 nitrogen and oxygen atoms in total. The largest absolute Gasteiger partial charge is 0.0610 e. The molecule has 4 rings (SSSR count). The predicted octanol–water partition coefficient (Wildman–Crippen LogP) is 7.30. The van der Waals surface area contributed by atoms with Crippen molar-refractivity contribution < 1.29 is 0 Å². The van der Waals surface area contributed by atoms with E-state index in [-0.39, 0.29) is 0 Å². The van der Waals surface area contributed by atoms with E-state index in [1.807, 2.05) is 0 Å². The lowest BCUT2D eigenvalue weighted by atomic mass is 9.96. The van der Waals surface area contributed by atoms with Crippen LogP contribution in [0.1, 0.15) is 11.1 Å². The molecule has 0 aromatic heterocycles. The monoisotopic (exact) mass is 334 g/mol. The van der Waals surface area contributed by atoms with E-state index < -0.39 is 0 Å². The maximum absolute atomic E-state index is 2.28. The zero-order valence-corrected chi connectivity index (χ0v) is 15.2. The Morgan fingerprint density at radius 2 is 0.654 bits per heavy atom. The summed E-state index contributed by atoms with van der Waals surface area (Å²) in [5.41, 5.74) is 10.1. The molecule has 4 aromatic rings. The summed E-state index contributed by atoms with van der Waals surface area (Å²) in [6.45, 7) is 4.24. The van der Waals surface area contributed by atoms with Gasteiger partial charge in [0.05, 0.1) is 0 Å². The summed E-state index contributed by atoms with van der Waals surface area (Å²) in [5.74, 6) is 0. The van der Waals surface area contributed by atoms with Crippen molar-refractivity contribution in [3.05, 3.63) is 108 Å². The minimum atomic E-state index is 1.25. The summed E-state index contributed by atoms with van der Waals surface area (Å²) >= 11 is 0. The fourth-order valence-corrected chi connectivity index (χ4v) is 3.25. The standard InChI is InChI=1S/C26H22/c1-19-9-13-21(14-10-19)23-5-3-7-25(17-23)26-8-4-6-24(18-26)22-15-11-20(2)12-16-22/h3-18H,1-2H3. The summed E-state index contributed by atoms with van der Waals surface area (Å²) in [6, 6.07) is 35.0. The molecule has 0 fully saturated rings. The molecule has 0 heterocycles. The van der Waals surface area contributed by atoms with Gasteiger partial charge >= 0.3 is 0 Å². The van der Waals surface area contributed by atoms with Crippen LogP contribution in [-0.4, -0.2) is 0 Å². The van der Waals surface area contributed by atoms with Gasteiger partial charge in [-0.25, -0.2) is 0 Å². The first-order valence-corrected chi connectivity index (χ1v) is 9.04. The predicted molar refractivity (Wildman–Crippen MR) is 112 cm³/mol. The van der Waals surface area contributed by atoms with E-state index in [0.29, 0.717) is 0 Å². The average molecular weight is 334 g/mol. The van der Waals surface area contributed by atoms with Crippen LogP contribution in [0.5, 0.6) is 0 Å². The van der Waals surface area contributed by atoms with Crippen molar-refractivity contribution in [3.63, 3.8) is 0 Å². The van der Waals surface area contributed by atoms with Gasteiger partial charge in [-0.2, -0.15) is 0 Å². The highest BCUT2D eigenvalue weighted by atomic mass is 14.1. The lowest BCUT2D eigenvalue weighted by Gasteiger charge is -2.09. The van der Waals surface area contributed by atoms with Crippen molar-refractivity contribution >= 4 is 0 Å². The summed E-state index contributed by atoms with van der Waals surface area (Å²) in [6.07, 6.45) is 0. The molecule has 0 N–H and O–H groups in total. The van der Waals surface area contributed by atoms with Gasteiger partial charge < -0.3 is 0 Å². The molecule has 0 amide bonds. The molecule has 0 atom stereocenters. The third-order valence-electron chi connectivity index (χ3n) is 4.83. The van der Waals surface area contributed by atoms with Crippen LogP contribution in [0.4, 0.5) is 0 Å². The van der Waals surface area contributed by atoms with Crippen LogP contribution in [-0.2, 0) is 0 Å². The maximum Gasteiger partial charge on any atom is -0.0178 e. The lowest BCUT2D eigenvalue weighted by molar-refractivity contribution is 1.46. The summed E-state index contributed by atoms with van der Waals surface area (Å²) < 4.78 is 0. The van der Waals surface area contributed by atoms with Crippen LogP contribution >= 0.6 is 0 Å². The first-order chi connectivity index (χ1) is 12.7. The highest BCUT2D eigenvalue weighted by Crippen LogP contribution is 2.29. The van der Waals surface area contributed by atoms with E-state index in [1.165, 1.54) is 44.5 Å². The molecular weight excluding hydrogens is 312 g/mol. The summed E-state index contributed by atoms with van der Waals surface area (Å²) in [4.78, 5) is 0. The molecule has 0 aliphatic carbocycles. The third kappa shape index (κ3) is 3.45. The van der Waals surface area contributed by atoms with Gasteiger partial charge in [-0.05, 0) is 59.4 Å². The molecule has 0 spiro atoms. The van der Waals surface area contributed by atoms with Gasteiger partial charge in [0, 0.05) is 0 Å². The van der Waals surface area contributed by atoms with Gasteiger partial charge in [-0.15, -0.1) is 0 Å². The van der Waals surface area contributed by atoms with Gasteiger partial charge in [0.2, 0.25) is 0 Å². The quantitative estimate of drug-likeness (QED) is 0.368. The second-order valence-electron chi connectivity index (χ2n) is 6.89. The summed E-state index contributed by atoms with van der Waals surface area (Å²) in [5, 5.41) is 0. The normalized spacial score (nSPS) is 10.7. The van der Waals surface area contributed by atoms with E-state index >= 15 is 0 Å². The van der Waals surface area contributed by atoms with Crippen molar-refractivity contribution in [1.29, 1.82) is 0 Å². The average Bonchev–Trinajstić information content (AvgIpc) is 2.69. The van der Waals surface area contributed by atoms with E-state index in [1.54, 1.807) is 0 Å².